The summed E-state index contributed by atoms with van der Waals surface area (Å²) in [6, 6.07) is 0. The van der Waals surface area contributed by atoms with Crippen molar-refractivity contribution in [2.75, 3.05) is 19.6 Å². The fraction of sp³-hybridized carbons (Fsp3) is 0.857. The number of aliphatic carboxylic acids is 1. The first-order valence-corrected chi connectivity index (χ1v) is 7.19. The van der Waals surface area contributed by atoms with Gasteiger partial charge in [-0.05, 0) is 40.0 Å². The van der Waals surface area contributed by atoms with Crippen molar-refractivity contribution in [2.24, 2.45) is 11.1 Å². The Balaban J connectivity index is 2.84. The molecule has 0 saturated carbocycles. The van der Waals surface area contributed by atoms with E-state index < -0.39 is 29.2 Å². The highest BCUT2D eigenvalue weighted by Gasteiger charge is 2.45. The summed E-state index contributed by atoms with van der Waals surface area (Å²) in [5.41, 5.74) is 3.59. The zero-order valence-electron chi connectivity index (χ0n) is 13.0. The Morgan fingerprint density at radius 3 is 2.52 bits per heavy atom. The van der Waals surface area contributed by atoms with Crippen LogP contribution < -0.4 is 5.73 Å². The predicted molar refractivity (Wildman–Crippen MR) is 76.8 cm³/mol. The van der Waals surface area contributed by atoms with Gasteiger partial charge in [0.2, 0.25) is 0 Å². The normalized spacial score (nSPS) is 24.5. The molecule has 122 valence electrons. The smallest absolute Gasteiger partial charge is 0.410 e. The van der Waals surface area contributed by atoms with Crippen molar-refractivity contribution in [2.45, 2.75) is 51.7 Å². The lowest BCUT2D eigenvalue weighted by molar-refractivity contribution is -0.154. The summed E-state index contributed by atoms with van der Waals surface area (Å²) >= 11 is 0. The number of aliphatic hydroxyl groups is 1. The maximum absolute atomic E-state index is 12.1. The SMILES string of the molecule is CC(C)(C)OC(=O)N1CCC[C@](C[C@H](O)CN)(C(=O)O)C1. The number of amides is 1. The summed E-state index contributed by atoms with van der Waals surface area (Å²) in [4.78, 5) is 25.2. The molecule has 21 heavy (non-hydrogen) atoms. The molecule has 2 atom stereocenters. The number of carboxylic acids is 1. The average Bonchev–Trinajstić information content (AvgIpc) is 2.36. The maximum atomic E-state index is 12.1. The first kappa shape index (κ1) is 17.7. The maximum Gasteiger partial charge on any atom is 0.410 e. The minimum Gasteiger partial charge on any atom is -0.481 e. The minimum absolute atomic E-state index is 0.00146. The van der Waals surface area contributed by atoms with Crippen LogP contribution in [-0.4, -0.2) is 58.5 Å². The first-order valence-electron chi connectivity index (χ1n) is 7.19. The number of carboxylic acid groups (broad SMARTS) is 1. The van der Waals surface area contributed by atoms with Crippen molar-refractivity contribution < 1.29 is 24.5 Å². The molecule has 0 aromatic heterocycles. The fourth-order valence-corrected chi connectivity index (χ4v) is 2.58. The molecule has 0 unspecified atom stereocenters. The third kappa shape index (κ3) is 4.86. The highest BCUT2D eigenvalue weighted by Crippen LogP contribution is 2.35. The Morgan fingerprint density at radius 2 is 2.05 bits per heavy atom. The Labute approximate surface area is 125 Å². The van der Waals surface area contributed by atoms with Gasteiger partial charge in [-0.15, -0.1) is 0 Å². The lowest BCUT2D eigenvalue weighted by Crippen LogP contribution is -2.52. The van der Waals surface area contributed by atoms with Gasteiger partial charge in [0, 0.05) is 19.6 Å². The lowest BCUT2D eigenvalue weighted by atomic mass is 9.75. The molecule has 1 fully saturated rings. The highest BCUT2D eigenvalue weighted by molar-refractivity contribution is 5.77. The number of carbonyl (C=O) groups is 2. The van der Waals surface area contributed by atoms with Crippen LogP contribution >= 0.6 is 0 Å². The van der Waals surface area contributed by atoms with Crippen LogP contribution in [0.1, 0.15) is 40.0 Å². The topological polar surface area (TPSA) is 113 Å². The van der Waals surface area contributed by atoms with Crippen LogP contribution in [0.4, 0.5) is 4.79 Å². The van der Waals surface area contributed by atoms with E-state index in [2.05, 4.69) is 0 Å². The molecule has 7 heteroatoms. The molecule has 0 spiro atoms. The number of hydrogen-bond acceptors (Lipinski definition) is 5. The third-order valence-electron chi connectivity index (χ3n) is 3.58. The van der Waals surface area contributed by atoms with Crippen molar-refractivity contribution >= 4 is 12.1 Å². The standard InChI is InChI=1S/C14H26N2O5/c1-13(2,3)21-12(20)16-6-4-5-14(9-16,11(18)19)7-10(17)8-15/h10,17H,4-9,15H2,1-3H3,(H,18,19)/t10-,14+/m0/s1. The summed E-state index contributed by atoms with van der Waals surface area (Å²) in [5, 5.41) is 19.2. The monoisotopic (exact) mass is 302 g/mol. The van der Waals surface area contributed by atoms with Gasteiger partial charge in [0.05, 0.1) is 11.5 Å². The van der Waals surface area contributed by atoms with Gasteiger partial charge in [-0.3, -0.25) is 4.79 Å². The number of hydrogen-bond donors (Lipinski definition) is 3. The van der Waals surface area contributed by atoms with Gasteiger partial charge in [-0.1, -0.05) is 0 Å². The average molecular weight is 302 g/mol. The van der Waals surface area contributed by atoms with E-state index in [0.29, 0.717) is 19.4 Å². The van der Waals surface area contributed by atoms with Crippen molar-refractivity contribution in [3.05, 3.63) is 0 Å². The number of likely N-dealkylation sites (tertiary alicyclic amines) is 1. The van der Waals surface area contributed by atoms with Gasteiger partial charge in [0.1, 0.15) is 5.60 Å². The van der Waals surface area contributed by atoms with Crippen molar-refractivity contribution in [1.82, 2.24) is 4.90 Å². The molecule has 1 rings (SSSR count). The molecule has 1 aliphatic heterocycles. The van der Waals surface area contributed by atoms with Gasteiger partial charge >= 0.3 is 12.1 Å². The molecule has 1 saturated heterocycles. The van der Waals surface area contributed by atoms with Crippen LogP contribution in [-0.2, 0) is 9.53 Å². The number of nitrogens with two attached hydrogens (primary N) is 1. The van der Waals surface area contributed by atoms with Gasteiger partial charge in [-0.2, -0.15) is 0 Å². The molecule has 0 radical (unpaired) electrons. The van der Waals surface area contributed by atoms with Crippen LogP contribution in [0.25, 0.3) is 0 Å². The van der Waals surface area contributed by atoms with E-state index in [1.54, 1.807) is 20.8 Å². The van der Waals surface area contributed by atoms with Crippen molar-refractivity contribution in [1.29, 1.82) is 0 Å². The summed E-state index contributed by atoms with van der Waals surface area (Å²) in [5.74, 6) is -1.01. The van der Waals surface area contributed by atoms with Gasteiger partial charge < -0.3 is 25.6 Å². The number of aliphatic hydroxyl groups excluding tert-OH is 1. The zero-order chi connectivity index (χ0) is 16.3. The second kappa shape index (κ2) is 6.62. The number of rotatable bonds is 4. The lowest BCUT2D eigenvalue weighted by Gasteiger charge is -2.41. The van der Waals surface area contributed by atoms with Crippen LogP contribution in [0.5, 0.6) is 0 Å². The second-order valence-electron chi connectivity index (χ2n) is 6.68. The van der Waals surface area contributed by atoms with E-state index >= 15 is 0 Å². The third-order valence-corrected chi connectivity index (χ3v) is 3.58. The first-order chi connectivity index (χ1) is 9.59. The van der Waals surface area contributed by atoms with Crippen LogP contribution in [0.15, 0.2) is 0 Å². The van der Waals surface area contributed by atoms with E-state index in [4.69, 9.17) is 10.5 Å². The Hall–Kier alpha value is -1.34. The van der Waals surface area contributed by atoms with Crippen molar-refractivity contribution in [3.8, 4) is 0 Å². The molecule has 7 nitrogen and oxygen atoms in total. The summed E-state index contributed by atoms with van der Waals surface area (Å²) in [6.07, 6.45) is -0.394. The van der Waals surface area contributed by atoms with Gasteiger partial charge in [-0.25, -0.2) is 4.79 Å². The molecule has 0 aliphatic carbocycles. The Kier molecular flexibility index (Phi) is 5.58. The molecule has 4 N–H and O–H groups in total. The Morgan fingerprint density at radius 1 is 1.43 bits per heavy atom. The number of carbonyl (C=O) groups excluding carboxylic acids is 1. The molecule has 0 bridgehead atoms. The molecule has 0 aromatic carbocycles. The van der Waals surface area contributed by atoms with Crippen LogP contribution in [0.2, 0.25) is 0 Å². The molecular formula is C14H26N2O5. The van der Waals surface area contributed by atoms with E-state index in [9.17, 15) is 19.8 Å². The summed E-state index contributed by atoms with van der Waals surface area (Å²) in [6.45, 7) is 5.78. The fourth-order valence-electron chi connectivity index (χ4n) is 2.58. The largest absolute Gasteiger partial charge is 0.481 e. The molecule has 0 aromatic rings. The number of ether oxygens (including phenoxy) is 1. The number of piperidine rings is 1. The van der Waals surface area contributed by atoms with E-state index in [1.807, 2.05) is 0 Å². The Bertz CT molecular complexity index is 393. The van der Waals surface area contributed by atoms with Crippen LogP contribution in [0, 0.1) is 5.41 Å². The van der Waals surface area contributed by atoms with E-state index in [-0.39, 0.29) is 19.5 Å². The molecule has 1 aliphatic rings. The predicted octanol–water partition coefficient (Wildman–Crippen LogP) is 0.798. The summed E-state index contributed by atoms with van der Waals surface area (Å²) < 4.78 is 5.29. The summed E-state index contributed by atoms with van der Waals surface area (Å²) in [7, 11) is 0. The molecular weight excluding hydrogens is 276 g/mol. The van der Waals surface area contributed by atoms with Crippen molar-refractivity contribution in [3.63, 3.8) is 0 Å². The van der Waals surface area contributed by atoms with E-state index in [0.717, 1.165) is 0 Å². The zero-order valence-corrected chi connectivity index (χ0v) is 13.0. The molecule has 1 amide bonds. The highest BCUT2D eigenvalue weighted by atomic mass is 16.6. The second-order valence-corrected chi connectivity index (χ2v) is 6.68. The quantitative estimate of drug-likeness (QED) is 0.708. The van der Waals surface area contributed by atoms with Gasteiger partial charge in [0.25, 0.3) is 0 Å². The molecule has 1 heterocycles. The van der Waals surface area contributed by atoms with E-state index in [1.165, 1.54) is 4.90 Å². The number of nitrogens with zero attached hydrogens (tertiary/aromatic N) is 1. The minimum atomic E-state index is -1.16. The van der Waals surface area contributed by atoms with Gasteiger partial charge in [0.15, 0.2) is 0 Å². The van der Waals surface area contributed by atoms with Crippen LogP contribution in [0.3, 0.4) is 0 Å².